The maximum atomic E-state index is 12.0. The van der Waals surface area contributed by atoms with E-state index in [1.54, 1.807) is 6.92 Å². The van der Waals surface area contributed by atoms with Crippen molar-refractivity contribution in [3.63, 3.8) is 0 Å². The SMILES string of the molecule is CCN(C(=O)NCCCOCC(C)C)C(C)(C)C(=O)O. The third kappa shape index (κ3) is 6.23. The Balaban J connectivity index is 4.09. The molecule has 0 aliphatic heterocycles. The van der Waals surface area contributed by atoms with Crippen LogP contribution in [-0.4, -0.2) is 53.8 Å². The molecule has 6 nitrogen and oxygen atoms in total. The second-order valence-electron chi connectivity index (χ2n) is 5.66. The molecule has 0 fully saturated rings. The lowest BCUT2D eigenvalue weighted by Crippen LogP contribution is -2.56. The molecule has 0 saturated carbocycles. The van der Waals surface area contributed by atoms with E-state index in [2.05, 4.69) is 19.2 Å². The predicted octanol–water partition coefficient (Wildman–Crippen LogP) is 1.94. The highest BCUT2D eigenvalue weighted by atomic mass is 16.5. The summed E-state index contributed by atoms with van der Waals surface area (Å²) in [6.07, 6.45) is 0.712. The number of ether oxygens (including phenoxy) is 1. The van der Waals surface area contributed by atoms with Gasteiger partial charge in [-0.05, 0) is 33.1 Å². The van der Waals surface area contributed by atoms with Gasteiger partial charge in [-0.2, -0.15) is 0 Å². The monoisotopic (exact) mass is 288 g/mol. The number of carboxylic acid groups (broad SMARTS) is 1. The standard InChI is InChI=1S/C14H28N2O4/c1-6-16(14(4,5)12(17)18)13(19)15-8-7-9-20-10-11(2)3/h11H,6-10H2,1-5H3,(H,15,19)(H,17,18). The molecule has 0 saturated heterocycles. The first-order valence-electron chi connectivity index (χ1n) is 7.10. The van der Waals surface area contributed by atoms with E-state index >= 15 is 0 Å². The van der Waals surface area contributed by atoms with Crippen LogP contribution in [0.25, 0.3) is 0 Å². The van der Waals surface area contributed by atoms with Gasteiger partial charge < -0.3 is 20.1 Å². The van der Waals surface area contributed by atoms with Gasteiger partial charge in [0.1, 0.15) is 5.54 Å². The number of nitrogens with one attached hydrogen (secondary N) is 1. The molecule has 20 heavy (non-hydrogen) atoms. The predicted molar refractivity (Wildman–Crippen MR) is 77.8 cm³/mol. The molecule has 0 spiro atoms. The second kappa shape index (κ2) is 8.79. The average Bonchev–Trinajstić information content (AvgIpc) is 2.33. The Hall–Kier alpha value is -1.30. The number of carboxylic acids is 1. The Morgan fingerprint density at radius 3 is 2.40 bits per heavy atom. The Labute approximate surface area is 121 Å². The van der Waals surface area contributed by atoms with Gasteiger partial charge in [0.25, 0.3) is 0 Å². The molecule has 118 valence electrons. The van der Waals surface area contributed by atoms with Crippen molar-refractivity contribution in [3.05, 3.63) is 0 Å². The first kappa shape index (κ1) is 18.7. The minimum absolute atomic E-state index is 0.342. The molecule has 0 radical (unpaired) electrons. The molecule has 0 atom stereocenters. The van der Waals surface area contributed by atoms with Crippen LogP contribution in [0.2, 0.25) is 0 Å². The summed E-state index contributed by atoms with van der Waals surface area (Å²) >= 11 is 0. The van der Waals surface area contributed by atoms with Crippen molar-refractivity contribution < 1.29 is 19.4 Å². The number of rotatable bonds is 9. The fourth-order valence-electron chi connectivity index (χ4n) is 1.69. The van der Waals surface area contributed by atoms with Gasteiger partial charge in [0, 0.05) is 26.3 Å². The summed E-state index contributed by atoms with van der Waals surface area (Å²) in [6.45, 7) is 11.1. The molecule has 2 amide bonds. The molecule has 0 aliphatic carbocycles. The summed E-state index contributed by atoms with van der Waals surface area (Å²) in [4.78, 5) is 24.4. The van der Waals surface area contributed by atoms with Crippen LogP contribution in [0.4, 0.5) is 4.79 Å². The maximum Gasteiger partial charge on any atom is 0.329 e. The Kier molecular flexibility index (Phi) is 8.22. The van der Waals surface area contributed by atoms with Gasteiger partial charge in [-0.15, -0.1) is 0 Å². The Bertz CT molecular complexity index is 316. The highest BCUT2D eigenvalue weighted by Gasteiger charge is 2.36. The van der Waals surface area contributed by atoms with Crippen LogP contribution in [0.1, 0.15) is 41.0 Å². The van der Waals surface area contributed by atoms with Crippen LogP contribution in [-0.2, 0) is 9.53 Å². The fraction of sp³-hybridized carbons (Fsp3) is 0.857. The van der Waals surface area contributed by atoms with Gasteiger partial charge in [-0.1, -0.05) is 13.8 Å². The Morgan fingerprint density at radius 1 is 1.35 bits per heavy atom. The molecule has 0 aromatic heterocycles. The molecule has 0 heterocycles. The number of carbonyl (C=O) groups excluding carboxylic acids is 1. The zero-order valence-electron chi connectivity index (χ0n) is 13.2. The summed E-state index contributed by atoms with van der Waals surface area (Å²) in [7, 11) is 0. The molecule has 0 aliphatic rings. The van der Waals surface area contributed by atoms with Gasteiger partial charge in [-0.25, -0.2) is 9.59 Å². The van der Waals surface area contributed by atoms with E-state index in [-0.39, 0.29) is 6.03 Å². The number of hydrogen-bond donors (Lipinski definition) is 2. The number of nitrogens with zero attached hydrogens (tertiary/aromatic N) is 1. The molecule has 0 unspecified atom stereocenters. The van der Waals surface area contributed by atoms with Crippen LogP contribution < -0.4 is 5.32 Å². The summed E-state index contributed by atoms with van der Waals surface area (Å²) in [5, 5.41) is 11.9. The molecular weight excluding hydrogens is 260 g/mol. The minimum atomic E-state index is -1.22. The molecule has 0 rings (SSSR count). The topological polar surface area (TPSA) is 78.9 Å². The number of aliphatic carboxylic acids is 1. The van der Waals surface area contributed by atoms with E-state index in [0.29, 0.717) is 38.6 Å². The van der Waals surface area contributed by atoms with Crippen LogP contribution in [0.3, 0.4) is 0 Å². The second-order valence-corrected chi connectivity index (χ2v) is 5.66. The van der Waals surface area contributed by atoms with Crippen LogP contribution in [0, 0.1) is 5.92 Å². The van der Waals surface area contributed by atoms with Gasteiger partial charge in [0.05, 0.1) is 0 Å². The fourth-order valence-corrected chi connectivity index (χ4v) is 1.69. The molecule has 2 N–H and O–H groups in total. The quantitative estimate of drug-likeness (QED) is 0.636. The lowest BCUT2D eigenvalue weighted by Gasteiger charge is -2.34. The third-order valence-electron chi connectivity index (χ3n) is 2.95. The summed E-state index contributed by atoms with van der Waals surface area (Å²) < 4.78 is 5.41. The number of carbonyl (C=O) groups is 2. The van der Waals surface area contributed by atoms with Crippen LogP contribution in [0.15, 0.2) is 0 Å². The lowest BCUT2D eigenvalue weighted by atomic mass is 10.0. The van der Waals surface area contributed by atoms with E-state index in [4.69, 9.17) is 9.84 Å². The maximum absolute atomic E-state index is 12.0. The average molecular weight is 288 g/mol. The molecular formula is C14H28N2O4. The lowest BCUT2D eigenvalue weighted by molar-refractivity contribution is -0.147. The van der Waals surface area contributed by atoms with Crippen molar-refractivity contribution in [1.82, 2.24) is 10.2 Å². The van der Waals surface area contributed by atoms with Crippen LogP contribution in [0.5, 0.6) is 0 Å². The van der Waals surface area contributed by atoms with Crippen molar-refractivity contribution in [2.24, 2.45) is 5.92 Å². The van der Waals surface area contributed by atoms with Gasteiger partial charge in [-0.3, -0.25) is 0 Å². The van der Waals surface area contributed by atoms with Gasteiger partial charge >= 0.3 is 12.0 Å². The number of likely N-dealkylation sites (N-methyl/N-ethyl adjacent to an activating group) is 1. The molecule has 0 bridgehead atoms. The molecule has 6 heteroatoms. The van der Waals surface area contributed by atoms with Gasteiger partial charge in [0.2, 0.25) is 0 Å². The van der Waals surface area contributed by atoms with Crippen molar-refractivity contribution in [3.8, 4) is 0 Å². The van der Waals surface area contributed by atoms with Crippen molar-refractivity contribution >= 4 is 12.0 Å². The molecule has 0 aromatic rings. The van der Waals surface area contributed by atoms with E-state index in [1.165, 1.54) is 18.7 Å². The van der Waals surface area contributed by atoms with Crippen molar-refractivity contribution in [1.29, 1.82) is 0 Å². The normalized spacial score (nSPS) is 11.5. The number of hydrogen-bond acceptors (Lipinski definition) is 3. The highest BCUT2D eigenvalue weighted by molar-refractivity contribution is 5.85. The minimum Gasteiger partial charge on any atom is -0.480 e. The van der Waals surface area contributed by atoms with Crippen molar-refractivity contribution in [2.45, 2.75) is 46.6 Å². The summed E-state index contributed by atoms with van der Waals surface area (Å²) in [5.74, 6) is -0.522. The number of urea groups is 1. The molecule has 0 aromatic carbocycles. The zero-order valence-corrected chi connectivity index (χ0v) is 13.2. The van der Waals surface area contributed by atoms with E-state index in [1.807, 2.05) is 0 Å². The van der Waals surface area contributed by atoms with Gasteiger partial charge in [0.15, 0.2) is 0 Å². The largest absolute Gasteiger partial charge is 0.480 e. The van der Waals surface area contributed by atoms with E-state index < -0.39 is 11.5 Å². The zero-order chi connectivity index (χ0) is 15.8. The Morgan fingerprint density at radius 2 is 1.95 bits per heavy atom. The summed E-state index contributed by atoms with van der Waals surface area (Å²) in [5.41, 5.74) is -1.22. The van der Waals surface area contributed by atoms with Crippen LogP contribution >= 0.6 is 0 Å². The third-order valence-corrected chi connectivity index (χ3v) is 2.95. The highest BCUT2D eigenvalue weighted by Crippen LogP contribution is 2.14. The number of amides is 2. The smallest absolute Gasteiger partial charge is 0.329 e. The van der Waals surface area contributed by atoms with E-state index in [9.17, 15) is 9.59 Å². The summed E-state index contributed by atoms with van der Waals surface area (Å²) in [6, 6.07) is -0.358. The first-order valence-corrected chi connectivity index (χ1v) is 7.10. The van der Waals surface area contributed by atoms with Crippen molar-refractivity contribution in [2.75, 3.05) is 26.3 Å². The van der Waals surface area contributed by atoms with E-state index in [0.717, 1.165) is 0 Å². The first-order chi connectivity index (χ1) is 9.23.